The Morgan fingerprint density at radius 3 is 2.55 bits per heavy atom. The highest BCUT2D eigenvalue weighted by Gasteiger charge is 2.17. The third-order valence-corrected chi connectivity index (χ3v) is 3.49. The van der Waals surface area contributed by atoms with Gasteiger partial charge >= 0.3 is 0 Å². The first-order chi connectivity index (χ1) is 9.61. The molecule has 0 atom stereocenters. The van der Waals surface area contributed by atoms with Crippen LogP contribution in [0, 0.1) is 0 Å². The summed E-state index contributed by atoms with van der Waals surface area (Å²) in [4.78, 5) is 14.2. The average molecular weight is 334 g/mol. The Balaban J connectivity index is 2.20. The number of nitrogens with zero attached hydrogens (tertiary/aromatic N) is 1. The maximum Gasteiger partial charge on any atom is 0.257 e. The van der Waals surface area contributed by atoms with E-state index in [1.807, 2.05) is 36.4 Å². The Hall–Kier alpha value is -1.81. The maximum atomic E-state index is 12.5. The first-order valence-electron chi connectivity index (χ1n) is 6.24. The van der Waals surface area contributed by atoms with E-state index in [4.69, 9.17) is 4.74 Å². The normalized spacial score (nSPS) is 10.2. The molecule has 0 fully saturated rings. The quantitative estimate of drug-likeness (QED) is 0.853. The van der Waals surface area contributed by atoms with E-state index in [2.05, 4.69) is 15.9 Å². The molecule has 0 aromatic heterocycles. The van der Waals surface area contributed by atoms with Gasteiger partial charge in [-0.3, -0.25) is 4.79 Å². The molecule has 0 saturated heterocycles. The van der Waals surface area contributed by atoms with Crippen molar-refractivity contribution in [2.45, 2.75) is 6.54 Å². The third kappa shape index (κ3) is 3.39. The molecule has 0 saturated carbocycles. The molecular weight excluding hydrogens is 318 g/mol. The molecule has 0 aliphatic carbocycles. The molecule has 0 spiro atoms. The summed E-state index contributed by atoms with van der Waals surface area (Å²) in [5.74, 6) is 0.519. The van der Waals surface area contributed by atoms with E-state index in [1.165, 1.54) is 0 Å². The summed E-state index contributed by atoms with van der Waals surface area (Å²) >= 11 is 3.38. The van der Waals surface area contributed by atoms with E-state index >= 15 is 0 Å². The zero-order valence-corrected chi connectivity index (χ0v) is 13.1. The van der Waals surface area contributed by atoms with Gasteiger partial charge in [-0.25, -0.2) is 0 Å². The van der Waals surface area contributed by atoms with Crippen LogP contribution < -0.4 is 4.74 Å². The van der Waals surface area contributed by atoms with Crippen molar-refractivity contribution in [3.8, 4) is 5.75 Å². The minimum absolute atomic E-state index is 0.0630. The molecule has 104 valence electrons. The molecule has 0 aliphatic rings. The molecule has 2 aromatic carbocycles. The van der Waals surface area contributed by atoms with Gasteiger partial charge in [0.15, 0.2) is 0 Å². The summed E-state index contributed by atoms with van der Waals surface area (Å²) in [7, 11) is 3.35. The van der Waals surface area contributed by atoms with Crippen LogP contribution in [0.4, 0.5) is 0 Å². The van der Waals surface area contributed by atoms with Crippen molar-refractivity contribution in [1.29, 1.82) is 0 Å². The van der Waals surface area contributed by atoms with Crippen molar-refractivity contribution < 1.29 is 9.53 Å². The lowest BCUT2D eigenvalue weighted by molar-refractivity contribution is 0.0781. The fourth-order valence-electron chi connectivity index (χ4n) is 1.98. The van der Waals surface area contributed by atoms with Gasteiger partial charge in [0.05, 0.1) is 12.7 Å². The highest BCUT2D eigenvalue weighted by molar-refractivity contribution is 9.10. The number of methoxy groups -OCH3 is 1. The monoisotopic (exact) mass is 333 g/mol. The van der Waals surface area contributed by atoms with Crippen LogP contribution >= 0.6 is 15.9 Å². The topological polar surface area (TPSA) is 29.5 Å². The molecule has 0 bridgehead atoms. The average Bonchev–Trinajstić information content (AvgIpc) is 2.47. The molecule has 0 heterocycles. The van der Waals surface area contributed by atoms with Crippen LogP contribution in [-0.4, -0.2) is 25.0 Å². The molecule has 0 N–H and O–H groups in total. The molecule has 4 heteroatoms. The van der Waals surface area contributed by atoms with Crippen LogP contribution in [0.5, 0.6) is 5.75 Å². The fourth-order valence-corrected chi connectivity index (χ4v) is 2.34. The highest BCUT2D eigenvalue weighted by atomic mass is 79.9. The lowest BCUT2D eigenvalue weighted by atomic mass is 10.1. The van der Waals surface area contributed by atoms with Crippen LogP contribution in [0.1, 0.15) is 15.9 Å². The number of ether oxygens (including phenoxy) is 1. The summed E-state index contributed by atoms with van der Waals surface area (Å²) in [6, 6.07) is 15.3. The number of halogens is 1. The predicted octanol–water partition coefficient (Wildman–Crippen LogP) is 3.73. The lowest BCUT2D eigenvalue weighted by Gasteiger charge is -2.19. The van der Waals surface area contributed by atoms with Crippen molar-refractivity contribution >= 4 is 21.8 Å². The van der Waals surface area contributed by atoms with Gasteiger partial charge in [0.1, 0.15) is 5.75 Å². The molecule has 3 nitrogen and oxygen atoms in total. The fraction of sp³-hybridized carbons (Fsp3) is 0.188. The Morgan fingerprint density at radius 2 is 1.90 bits per heavy atom. The van der Waals surface area contributed by atoms with Gasteiger partial charge in [0.2, 0.25) is 0 Å². The van der Waals surface area contributed by atoms with Crippen molar-refractivity contribution in [2.75, 3.05) is 14.2 Å². The van der Waals surface area contributed by atoms with Crippen molar-refractivity contribution in [2.24, 2.45) is 0 Å². The van der Waals surface area contributed by atoms with Crippen LogP contribution in [0.25, 0.3) is 0 Å². The Morgan fingerprint density at radius 1 is 1.20 bits per heavy atom. The number of benzene rings is 2. The molecule has 1 amide bonds. The summed E-state index contributed by atoms with van der Waals surface area (Å²) in [5.41, 5.74) is 1.65. The molecule has 2 aromatic rings. The Bertz CT molecular complexity index is 599. The number of rotatable bonds is 4. The number of carbonyl (C=O) groups excluding carboxylic acids is 1. The summed E-state index contributed by atoms with van der Waals surface area (Å²) in [6.45, 7) is 0.565. The SMILES string of the molecule is COc1ccc(Br)cc1C(=O)N(C)Cc1ccccc1. The largest absolute Gasteiger partial charge is 0.496 e. The lowest BCUT2D eigenvalue weighted by Crippen LogP contribution is -2.26. The van der Waals surface area contributed by atoms with Crippen molar-refractivity contribution in [3.63, 3.8) is 0 Å². The van der Waals surface area contributed by atoms with Gasteiger partial charge in [-0.05, 0) is 23.8 Å². The van der Waals surface area contributed by atoms with Gasteiger partial charge in [0.25, 0.3) is 5.91 Å². The van der Waals surface area contributed by atoms with Crippen LogP contribution in [0.3, 0.4) is 0 Å². The highest BCUT2D eigenvalue weighted by Crippen LogP contribution is 2.24. The zero-order valence-electron chi connectivity index (χ0n) is 11.5. The minimum atomic E-state index is -0.0630. The minimum Gasteiger partial charge on any atom is -0.496 e. The second-order valence-electron chi connectivity index (χ2n) is 4.49. The van der Waals surface area contributed by atoms with Gasteiger partial charge in [0, 0.05) is 18.1 Å². The molecular formula is C16H16BrNO2. The zero-order chi connectivity index (χ0) is 14.5. The maximum absolute atomic E-state index is 12.5. The van der Waals surface area contributed by atoms with Gasteiger partial charge in [-0.2, -0.15) is 0 Å². The first-order valence-corrected chi connectivity index (χ1v) is 7.04. The van der Waals surface area contributed by atoms with Gasteiger partial charge < -0.3 is 9.64 Å². The van der Waals surface area contributed by atoms with Crippen molar-refractivity contribution in [3.05, 3.63) is 64.1 Å². The van der Waals surface area contributed by atoms with E-state index in [0.29, 0.717) is 17.9 Å². The summed E-state index contributed by atoms with van der Waals surface area (Å²) in [6.07, 6.45) is 0. The summed E-state index contributed by atoms with van der Waals surface area (Å²) < 4.78 is 6.11. The Labute approximate surface area is 127 Å². The molecule has 2 rings (SSSR count). The molecule has 20 heavy (non-hydrogen) atoms. The molecule has 0 unspecified atom stereocenters. The number of hydrogen-bond acceptors (Lipinski definition) is 2. The number of hydrogen-bond donors (Lipinski definition) is 0. The second kappa shape index (κ2) is 6.57. The van der Waals surface area contributed by atoms with Crippen LogP contribution in [-0.2, 0) is 6.54 Å². The van der Waals surface area contributed by atoms with Gasteiger partial charge in [-0.1, -0.05) is 46.3 Å². The van der Waals surface area contributed by atoms with Crippen LogP contribution in [0.15, 0.2) is 53.0 Å². The third-order valence-electron chi connectivity index (χ3n) is 3.00. The van der Waals surface area contributed by atoms with E-state index in [-0.39, 0.29) is 5.91 Å². The van der Waals surface area contributed by atoms with Crippen molar-refractivity contribution in [1.82, 2.24) is 4.90 Å². The van der Waals surface area contributed by atoms with Crippen LogP contribution in [0.2, 0.25) is 0 Å². The second-order valence-corrected chi connectivity index (χ2v) is 5.41. The smallest absolute Gasteiger partial charge is 0.257 e. The van der Waals surface area contributed by atoms with E-state index < -0.39 is 0 Å². The van der Waals surface area contributed by atoms with Gasteiger partial charge in [-0.15, -0.1) is 0 Å². The Kier molecular flexibility index (Phi) is 4.79. The standard InChI is InChI=1S/C16H16BrNO2/c1-18(11-12-6-4-3-5-7-12)16(19)14-10-13(17)8-9-15(14)20-2/h3-10H,11H2,1-2H3. The number of carbonyl (C=O) groups is 1. The van der Waals surface area contributed by atoms with E-state index in [9.17, 15) is 4.79 Å². The predicted molar refractivity (Wildman–Crippen MR) is 82.9 cm³/mol. The van der Waals surface area contributed by atoms with E-state index in [1.54, 1.807) is 31.2 Å². The number of amides is 1. The molecule has 0 aliphatic heterocycles. The first kappa shape index (κ1) is 14.6. The molecule has 0 radical (unpaired) electrons. The van der Waals surface area contributed by atoms with E-state index in [0.717, 1.165) is 10.0 Å². The summed E-state index contributed by atoms with van der Waals surface area (Å²) in [5, 5.41) is 0.